The maximum absolute atomic E-state index is 12.1. The lowest BCUT2D eigenvalue weighted by Gasteiger charge is -2.25. The zero-order chi connectivity index (χ0) is 19.7. The van der Waals surface area contributed by atoms with Crippen molar-refractivity contribution in [2.24, 2.45) is 4.99 Å². The van der Waals surface area contributed by atoms with Crippen molar-refractivity contribution >= 4 is 11.9 Å². The summed E-state index contributed by atoms with van der Waals surface area (Å²) in [6, 6.07) is 6.10. The fourth-order valence-corrected chi connectivity index (χ4v) is 2.51. The second-order valence-corrected chi connectivity index (χ2v) is 7.36. The molecule has 6 heteroatoms. The third-order valence-electron chi connectivity index (χ3n) is 3.54. The summed E-state index contributed by atoms with van der Waals surface area (Å²) >= 11 is 0. The van der Waals surface area contributed by atoms with Crippen molar-refractivity contribution in [1.29, 1.82) is 0 Å². The van der Waals surface area contributed by atoms with Crippen molar-refractivity contribution in [3.8, 4) is 5.75 Å². The van der Waals surface area contributed by atoms with Crippen molar-refractivity contribution in [2.75, 3.05) is 26.7 Å². The Bertz CT molecular complexity index is 621. The van der Waals surface area contributed by atoms with E-state index in [-0.39, 0.29) is 18.0 Å². The number of nitrogens with one attached hydrogen (secondary N) is 2. The molecule has 0 heterocycles. The molecule has 0 saturated heterocycles. The zero-order valence-electron chi connectivity index (χ0n) is 17.3. The molecule has 1 amide bonds. The number of hydrogen-bond donors (Lipinski definition) is 2. The molecule has 1 aromatic carbocycles. The van der Waals surface area contributed by atoms with Gasteiger partial charge in [-0.3, -0.25) is 4.79 Å². The first-order chi connectivity index (χ1) is 12.2. The van der Waals surface area contributed by atoms with Crippen LogP contribution in [0.2, 0.25) is 0 Å². The van der Waals surface area contributed by atoms with E-state index >= 15 is 0 Å². The second kappa shape index (κ2) is 10.0. The molecule has 0 spiro atoms. The predicted molar refractivity (Wildman–Crippen MR) is 108 cm³/mol. The van der Waals surface area contributed by atoms with Crippen LogP contribution in [0.15, 0.2) is 23.2 Å². The average molecular weight is 363 g/mol. The summed E-state index contributed by atoms with van der Waals surface area (Å²) < 4.78 is 5.58. The van der Waals surface area contributed by atoms with Crippen LogP contribution < -0.4 is 15.4 Å². The summed E-state index contributed by atoms with van der Waals surface area (Å²) in [5.41, 5.74) is 1.96. The van der Waals surface area contributed by atoms with E-state index in [1.165, 1.54) is 0 Å². The molecule has 26 heavy (non-hydrogen) atoms. The molecule has 0 unspecified atom stereocenters. The van der Waals surface area contributed by atoms with Gasteiger partial charge in [0, 0.05) is 19.1 Å². The highest BCUT2D eigenvalue weighted by Crippen LogP contribution is 2.19. The Morgan fingerprint density at radius 2 is 1.96 bits per heavy atom. The number of hydrogen-bond acceptors (Lipinski definition) is 3. The van der Waals surface area contributed by atoms with Crippen molar-refractivity contribution in [3.05, 3.63) is 29.3 Å². The maximum atomic E-state index is 12.1. The number of ether oxygens (including phenoxy) is 1. The summed E-state index contributed by atoms with van der Waals surface area (Å²) in [5, 5.41) is 6.21. The second-order valence-electron chi connectivity index (χ2n) is 7.36. The topological polar surface area (TPSA) is 66.0 Å². The van der Waals surface area contributed by atoms with Crippen LogP contribution in [0.3, 0.4) is 0 Å². The summed E-state index contributed by atoms with van der Waals surface area (Å²) in [4.78, 5) is 18.6. The van der Waals surface area contributed by atoms with E-state index in [9.17, 15) is 4.79 Å². The molecule has 2 N–H and O–H groups in total. The Balaban J connectivity index is 2.79. The molecular weight excluding hydrogens is 328 g/mol. The van der Waals surface area contributed by atoms with Gasteiger partial charge in [0.25, 0.3) is 0 Å². The number of likely N-dealkylation sites (N-methyl/N-ethyl adjacent to an activating group) is 1. The number of carbonyl (C=O) groups is 1. The van der Waals surface area contributed by atoms with Crippen LogP contribution in [0, 0.1) is 6.92 Å². The molecule has 0 saturated carbocycles. The third kappa shape index (κ3) is 7.76. The van der Waals surface area contributed by atoms with Gasteiger partial charge in [0.1, 0.15) is 5.75 Å². The number of aryl methyl sites for hydroxylation is 1. The van der Waals surface area contributed by atoms with Crippen molar-refractivity contribution in [1.82, 2.24) is 15.5 Å². The van der Waals surface area contributed by atoms with Crippen LogP contribution in [0.25, 0.3) is 0 Å². The van der Waals surface area contributed by atoms with E-state index in [1.54, 1.807) is 0 Å². The molecule has 1 rings (SSSR count). The molecule has 0 atom stereocenters. The minimum Gasteiger partial charge on any atom is -0.494 e. The van der Waals surface area contributed by atoms with E-state index < -0.39 is 0 Å². The Labute approximate surface area is 158 Å². The van der Waals surface area contributed by atoms with Gasteiger partial charge in [0.05, 0.1) is 19.7 Å². The van der Waals surface area contributed by atoms with E-state index in [1.807, 2.05) is 65.6 Å². The van der Waals surface area contributed by atoms with E-state index in [0.717, 1.165) is 23.4 Å². The smallest absolute Gasteiger partial charge is 0.240 e. The molecule has 0 aliphatic carbocycles. The van der Waals surface area contributed by atoms with Crippen LogP contribution in [-0.4, -0.2) is 49.0 Å². The van der Waals surface area contributed by atoms with Gasteiger partial charge < -0.3 is 20.3 Å². The Morgan fingerprint density at radius 1 is 1.27 bits per heavy atom. The molecule has 0 fully saturated rings. The maximum Gasteiger partial charge on any atom is 0.240 e. The first kappa shape index (κ1) is 21.8. The van der Waals surface area contributed by atoms with Gasteiger partial charge in [0.15, 0.2) is 5.96 Å². The van der Waals surface area contributed by atoms with Gasteiger partial charge in [-0.05, 0) is 58.7 Å². The van der Waals surface area contributed by atoms with Gasteiger partial charge in [-0.25, -0.2) is 4.99 Å². The molecule has 146 valence electrons. The van der Waals surface area contributed by atoms with Crippen LogP contribution in [0.4, 0.5) is 0 Å². The Morgan fingerprint density at radius 3 is 2.50 bits per heavy atom. The molecule has 6 nitrogen and oxygen atoms in total. The molecule has 0 aromatic heterocycles. The number of guanidine groups is 1. The number of benzene rings is 1. The van der Waals surface area contributed by atoms with Crippen LogP contribution in [-0.2, 0) is 11.3 Å². The zero-order valence-corrected chi connectivity index (χ0v) is 17.3. The van der Waals surface area contributed by atoms with E-state index in [2.05, 4.69) is 21.7 Å². The summed E-state index contributed by atoms with van der Waals surface area (Å²) in [6.45, 7) is 14.1. The minimum atomic E-state index is -0.243. The van der Waals surface area contributed by atoms with Gasteiger partial charge in [-0.15, -0.1) is 0 Å². The van der Waals surface area contributed by atoms with Crippen molar-refractivity contribution in [2.45, 2.75) is 53.6 Å². The molecule has 0 radical (unpaired) electrons. The lowest BCUT2D eigenvalue weighted by atomic mass is 10.1. The monoisotopic (exact) mass is 362 g/mol. The number of carbonyl (C=O) groups excluding carboxylic acids is 1. The number of rotatable bonds is 7. The summed E-state index contributed by atoms with van der Waals surface area (Å²) in [6.07, 6.45) is 0. The molecule has 1 aromatic rings. The predicted octanol–water partition coefficient (Wildman–Crippen LogP) is 2.71. The van der Waals surface area contributed by atoms with Gasteiger partial charge in [-0.2, -0.15) is 0 Å². The number of nitrogens with zero attached hydrogens (tertiary/aromatic N) is 2. The quantitative estimate of drug-likeness (QED) is 0.578. The fourth-order valence-electron chi connectivity index (χ4n) is 2.51. The highest BCUT2D eigenvalue weighted by molar-refractivity contribution is 5.86. The molecule has 0 aliphatic heterocycles. The Hall–Kier alpha value is -2.24. The first-order valence-electron chi connectivity index (χ1n) is 9.19. The average Bonchev–Trinajstić information content (AvgIpc) is 2.51. The van der Waals surface area contributed by atoms with Crippen LogP contribution in [0.5, 0.6) is 5.75 Å². The molecule has 0 aliphatic rings. The highest BCUT2D eigenvalue weighted by atomic mass is 16.5. The Kier molecular flexibility index (Phi) is 8.42. The summed E-state index contributed by atoms with van der Waals surface area (Å²) in [7, 11) is 1.87. The third-order valence-corrected chi connectivity index (χ3v) is 3.54. The first-order valence-corrected chi connectivity index (χ1v) is 9.19. The fraction of sp³-hybridized carbons (Fsp3) is 0.600. The lowest BCUT2D eigenvalue weighted by Crippen LogP contribution is -2.48. The number of aliphatic imine (C=N–C) groups is 1. The van der Waals surface area contributed by atoms with E-state index in [4.69, 9.17) is 4.74 Å². The minimum absolute atomic E-state index is 0.0254. The van der Waals surface area contributed by atoms with Crippen LogP contribution >= 0.6 is 0 Å². The van der Waals surface area contributed by atoms with Crippen molar-refractivity contribution in [3.63, 3.8) is 0 Å². The van der Waals surface area contributed by atoms with Crippen molar-refractivity contribution < 1.29 is 9.53 Å². The number of amides is 1. The highest BCUT2D eigenvalue weighted by Gasteiger charge is 2.16. The standard InChI is InChI=1S/C20H34N4O2/c1-8-21-19(24(7)14-18(25)23-20(4,5)6)22-13-16-10-11-17(26-9-2)15(3)12-16/h10-12H,8-9,13-14H2,1-7H3,(H,21,22)(H,23,25). The lowest BCUT2D eigenvalue weighted by molar-refractivity contribution is -0.122. The van der Waals surface area contributed by atoms with Gasteiger partial charge in [0.2, 0.25) is 5.91 Å². The summed E-state index contributed by atoms with van der Waals surface area (Å²) in [5.74, 6) is 1.59. The van der Waals surface area contributed by atoms with Gasteiger partial charge >= 0.3 is 0 Å². The van der Waals surface area contributed by atoms with E-state index in [0.29, 0.717) is 19.1 Å². The molecular formula is C20H34N4O2. The van der Waals surface area contributed by atoms with Crippen LogP contribution in [0.1, 0.15) is 45.7 Å². The van der Waals surface area contributed by atoms with Gasteiger partial charge in [-0.1, -0.05) is 12.1 Å². The largest absolute Gasteiger partial charge is 0.494 e. The normalized spacial score (nSPS) is 11.9. The SMILES string of the molecule is CCNC(=NCc1ccc(OCC)c(C)c1)N(C)CC(=O)NC(C)(C)C. The molecule has 0 bridgehead atoms.